The van der Waals surface area contributed by atoms with Gasteiger partial charge in [0.1, 0.15) is 5.75 Å². The van der Waals surface area contributed by atoms with E-state index in [1.165, 1.54) is 0 Å². The van der Waals surface area contributed by atoms with Gasteiger partial charge in [-0.1, -0.05) is 11.6 Å². The molecule has 0 saturated heterocycles. The highest BCUT2D eigenvalue weighted by molar-refractivity contribution is 7.99. The summed E-state index contributed by atoms with van der Waals surface area (Å²) >= 11 is 7.63. The van der Waals surface area contributed by atoms with E-state index >= 15 is 0 Å². The average Bonchev–Trinajstić information content (AvgIpc) is 2.18. The summed E-state index contributed by atoms with van der Waals surface area (Å²) in [6.45, 7) is 0. The van der Waals surface area contributed by atoms with E-state index in [-0.39, 0.29) is 0 Å². The van der Waals surface area contributed by atoms with E-state index in [0.717, 1.165) is 28.4 Å². The van der Waals surface area contributed by atoms with E-state index in [0.29, 0.717) is 5.02 Å². The van der Waals surface area contributed by atoms with Crippen molar-refractivity contribution in [2.75, 3.05) is 12.9 Å². The van der Waals surface area contributed by atoms with Gasteiger partial charge in [-0.05, 0) is 24.1 Å². The molecule has 1 N–H and O–H groups in total. The lowest BCUT2D eigenvalue weighted by Gasteiger charge is -2.22. The molecule has 0 saturated carbocycles. The SMILES string of the molecule is COc1cc(Cl)cc2c1SCCC2O. The lowest BCUT2D eigenvalue weighted by Crippen LogP contribution is -2.07. The second kappa shape index (κ2) is 4.01. The minimum Gasteiger partial charge on any atom is -0.496 e. The van der Waals surface area contributed by atoms with Crippen molar-refractivity contribution in [3.05, 3.63) is 22.7 Å². The second-order valence-electron chi connectivity index (χ2n) is 3.18. The predicted molar refractivity (Wildman–Crippen MR) is 58.3 cm³/mol. The molecule has 2 nitrogen and oxygen atoms in total. The minimum atomic E-state index is -0.404. The van der Waals surface area contributed by atoms with Crippen LogP contribution < -0.4 is 4.74 Å². The van der Waals surface area contributed by atoms with Crippen LogP contribution in [0.1, 0.15) is 18.1 Å². The highest BCUT2D eigenvalue weighted by Crippen LogP contribution is 2.43. The molecule has 0 spiro atoms. The van der Waals surface area contributed by atoms with Gasteiger partial charge in [0.2, 0.25) is 0 Å². The molecule has 0 amide bonds. The molecule has 0 aliphatic carbocycles. The first-order valence-corrected chi connectivity index (χ1v) is 5.77. The number of hydrogen-bond acceptors (Lipinski definition) is 3. The Morgan fingerprint density at radius 1 is 1.57 bits per heavy atom. The molecule has 0 fully saturated rings. The quantitative estimate of drug-likeness (QED) is 0.805. The molecule has 2 rings (SSSR count). The van der Waals surface area contributed by atoms with E-state index in [2.05, 4.69) is 0 Å². The molecule has 1 atom stereocenters. The number of aliphatic hydroxyl groups excluding tert-OH is 1. The standard InChI is InChI=1S/C10H11ClO2S/c1-13-9-5-6(11)4-7-8(12)2-3-14-10(7)9/h4-5,8,12H,2-3H2,1H3. The third-order valence-corrected chi connectivity index (χ3v) is 3.65. The van der Waals surface area contributed by atoms with Gasteiger partial charge in [0, 0.05) is 10.8 Å². The fraction of sp³-hybridized carbons (Fsp3) is 0.400. The van der Waals surface area contributed by atoms with E-state index in [9.17, 15) is 5.11 Å². The zero-order chi connectivity index (χ0) is 10.1. The highest BCUT2D eigenvalue weighted by Gasteiger charge is 2.22. The van der Waals surface area contributed by atoms with Gasteiger partial charge in [0.05, 0.1) is 18.1 Å². The maximum atomic E-state index is 9.78. The largest absolute Gasteiger partial charge is 0.496 e. The van der Waals surface area contributed by atoms with Gasteiger partial charge < -0.3 is 9.84 Å². The van der Waals surface area contributed by atoms with Gasteiger partial charge in [0.25, 0.3) is 0 Å². The monoisotopic (exact) mass is 230 g/mol. The van der Waals surface area contributed by atoms with Crippen LogP contribution in [0.25, 0.3) is 0 Å². The van der Waals surface area contributed by atoms with Gasteiger partial charge in [-0.3, -0.25) is 0 Å². The number of fused-ring (bicyclic) bond motifs is 1. The minimum absolute atomic E-state index is 0.404. The number of aliphatic hydroxyl groups is 1. The smallest absolute Gasteiger partial charge is 0.134 e. The molecule has 0 aromatic heterocycles. The van der Waals surface area contributed by atoms with Gasteiger partial charge >= 0.3 is 0 Å². The van der Waals surface area contributed by atoms with E-state index in [1.54, 1.807) is 24.9 Å². The molecule has 1 heterocycles. The highest BCUT2D eigenvalue weighted by atomic mass is 35.5. The Bertz CT molecular complexity index is 354. The molecule has 4 heteroatoms. The van der Waals surface area contributed by atoms with Crippen LogP contribution in [0.2, 0.25) is 5.02 Å². The van der Waals surface area contributed by atoms with Crippen LogP contribution in [-0.4, -0.2) is 18.0 Å². The Hall–Kier alpha value is -0.380. The van der Waals surface area contributed by atoms with Crippen LogP contribution in [0.5, 0.6) is 5.75 Å². The molecule has 14 heavy (non-hydrogen) atoms. The van der Waals surface area contributed by atoms with E-state index in [1.807, 2.05) is 6.07 Å². The van der Waals surface area contributed by atoms with Crippen molar-refractivity contribution in [1.82, 2.24) is 0 Å². The molecule has 1 aromatic carbocycles. The number of thioether (sulfide) groups is 1. The molecule has 76 valence electrons. The zero-order valence-corrected chi connectivity index (χ0v) is 9.36. The number of rotatable bonds is 1. The first kappa shape index (κ1) is 10.1. The summed E-state index contributed by atoms with van der Waals surface area (Å²) in [5.41, 5.74) is 0.894. The summed E-state index contributed by atoms with van der Waals surface area (Å²) in [5.74, 6) is 1.68. The van der Waals surface area contributed by atoms with E-state index in [4.69, 9.17) is 16.3 Å². The summed E-state index contributed by atoms with van der Waals surface area (Å²) in [6.07, 6.45) is 0.375. The van der Waals surface area contributed by atoms with Crippen LogP contribution in [0, 0.1) is 0 Å². The van der Waals surface area contributed by atoms with Crippen LogP contribution >= 0.6 is 23.4 Å². The van der Waals surface area contributed by atoms with Crippen molar-refractivity contribution >= 4 is 23.4 Å². The maximum absolute atomic E-state index is 9.78. The van der Waals surface area contributed by atoms with Crippen molar-refractivity contribution in [3.8, 4) is 5.75 Å². The lowest BCUT2D eigenvalue weighted by atomic mass is 10.1. The predicted octanol–water partition coefficient (Wildman–Crippen LogP) is 2.88. The Balaban J connectivity index is 2.54. The van der Waals surface area contributed by atoms with E-state index < -0.39 is 6.10 Å². The molecular formula is C10H11ClO2S. The molecule has 0 bridgehead atoms. The molecule has 1 aliphatic heterocycles. The third-order valence-electron chi connectivity index (χ3n) is 2.26. The van der Waals surface area contributed by atoms with Crippen molar-refractivity contribution in [2.45, 2.75) is 17.4 Å². The molecular weight excluding hydrogens is 220 g/mol. The third kappa shape index (κ3) is 1.72. The summed E-state index contributed by atoms with van der Waals surface area (Å²) < 4.78 is 5.23. The lowest BCUT2D eigenvalue weighted by molar-refractivity contribution is 0.169. The van der Waals surface area contributed by atoms with Gasteiger partial charge in [-0.2, -0.15) is 0 Å². The second-order valence-corrected chi connectivity index (χ2v) is 4.72. The van der Waals surface area contributed by atoms with Crippen LogP contribution in [0.3, 0.4) is 0 Å². The maximum Gasteiger partial charge on any atom is 0.134 e. The fourth-order valence-corrected chi connectivity index (χ4v) is 2.98. The Morgan fingerprint density at radius 3 is 3.07 bits per heavy atom. The van der Waals surface area contributed by atoms with Crippen LogP contribution in [0.15, 0.2) is 17.0 Å². The molecule has 0 radical (unpaired) electrons. The summed E-state index contributed by atoms with van der Waals surface area (Å²) in [6, 6.07) is 3.60. The number of benzene rings is 1. The zero-order valence-electron chi connectivity index (χ0n) is 7.79. The molecule has 1 aliphatic rings. The first-order valence-electron chi connectivity index (χ1n) is 4.40. The van der Waals surface area contributed by atoms with Crippen LogP contribution in [0.4, 0.5) is 0 Å². The molecule has 1 aromatic rings. The average molecular weight is 231 g/mol. The van der Waals surface area contributed by atoms with Gasteiger partial charge in [0.15, 0.2) is 0 Å². The Labute approximate surface area is 92.2 Å². The Morgan fingerprint density at radius 2 is 2.36 bits per heavy atom. The van der Waals surface area contributed by atoms with Crippen molar-refractivity contribution in [1.29, 1.82) is 0 Å². The first-order chi connectivity index (χ1) is 6.72. The van der Waals surface area contributed by atoms with Crippen molar-refractivity contribution in [3.63, 3.8) is 0 Å². The number of halogens is 1. The Kier molecular flexibility index (Phi) is 2.91. The van der Waals surface area contributed by atoms with Crippen LogP contribution in [-0.2, 0) is 0 Å². The number of methoxy groups -OCH3 is 1. The molecule has 1 unspecified atom stereocenters. The van der Waals surface area contributed by atoms with Gasteiger partial charge in [-0.15, -0.1) is 11.8 Å². The van der Waals surface area contributed by atoms with Gasteiger partial charge in [-0.25, -0.2) is 0 Å². The normalized spacial score (nSPS) is 20.4. The summed E-state index contributed by atoms with van der Waals surface area (Å²) in [7, 11) is 1.62. The summed E-state index contributed by atoms with van der Waals surface area (Å²) in [5, 5.41) is 10.4. The topological polar surface area (TPSA) is 29.5 Å². The van der Waals surface area contributed by atoms with Crippen molar-refractivity contribution in [2.24, 2.45) is 0 Å². The number of hydrogen-bond donors (Lipinski definition) is 1. The fourth-order valence-electron chi connectivity index (χ4n) is 1.57. The number of ether oxygens (including phenoxy) is 1. The van der Waals surface area contributed by atoms with Crippen molar-refractivity contribution < 1.29 is 9.84 Å². The summed E-state index contributed by atoms with van der Waals surface area (Å²) in [4.78, 5) is 1.02.